The molecule has 0 radical (unpaired) electrons. The van der Waals surface area contributed by atoms with E-state index in [4.69, 9.17) is 5.73 Å². The Bertz CT molecular complexity index is 193. The quantitative estimate of drug-likeness (QED) is 0.648. The lowest BCUT2D eigenvalue weighted by Crippen LogP contribution is -2.47. The Balaban J connectivity index is 2.07. The summed E-state index contributed by atoms with van der Waals surface area (Å²) in [5.41, 5.74) is 5.64. The predicted octanol–water partition coefficient (Wildman–Crippen LogP) is -0.111. The molecule has 1 atom stereocenters. The fourth-order valence-corrected chi connectivity index (χ4v) is 2.47. The normalized spacial score (nSPS) is 18.9. The van der Waals surface area contributed by atoms with Gasteiger partial charge in [0.05, 0.1) is 5.75 Å². The third-order valence-corrected chi connectivity index (χ3v) is 3.39. The maximum Gasteiger partial charge on any atom is 0.232 e. The largest absolute Gasteiger partial charge is 0.339 e. The topological polar surface area (TPSA) is 58.4 Å². The van der Waals surface area contributed by atoms with Gasteiger partial charge in [-0.3, -0.25) is 4.79 Å². The van der Waals surface area contributed by atoms with Crippen molar-refractivity contribution in [1.29, 1.82) is 0 Å². The van der Waals surface area contributed by atoms with Crippen molar-refractivity contribution < 1.29 is 4.79 Å². The van der Waals surface area contributed by atoms with Crippen LogP contribution < -0.4 is 11.1 Å². The number of nitrogens with zero attached hydrogens (tertiary/aromatic N) is 1. The number of piperazine rings is 1. The molecule has 0 aromatic heterocycles. The van der Waals surface area contributed by atoms with Gasteiger partial charge in [0.25, 0.3) is 0 Å². The van der Waals surface area contributed by atoms with Crippen molar-refractivity contribution in [2.75, 3.05) is 37.7 Å². The van der Waals surface area contributed by atoms with Crippen LogP contribution in [-0.2, 0) is 4.79 Å². The Morgan fingerprint density at radius 3 is 2.80 bits per heavy atom. The van der Waals surface area contributed by atoms with Crippen LogP contribution in [0.25, 0.3) is 0 Å². The molecule has 15 heavy (non-hydrogen) atoms. The average Bonchev–Trinajstić information content (AvgIpc) is 2.25. The van der Waals surface area contributed by atoms with Gasteiger partial charge < -0.3 is 16.0 Å². The van der Waals surface area contributed by atoms with Gasteiger partial charge in [-0.15, -0.1) is 0 Å². The molecule has 0 bridgehead atoms. The minimum absolute atomic E-state index is 0.242. The predicted molar refractivity (Wildman–Crippen MR) is 65.0 cm³/mol. The monoisotopic (exact) mass is 231 g/mol. The van der Waals surface area contributed by atoms with Gasteiger partial charge in [-0.2, -0.15) is 11.8 Å². The SMILES string of the molecule is CC(N)CCSCC(=O)N1CCNCC1. The molecule has 1 fully saturated rings. The van der Waals surface area contributed by atoms with Gasteiger partial charge in [0.15, 0.2) is 0 Å². The van der Waals surface area contributed by atoms with Gasteiger partial charge in [0.1, 0.15) is 0 Å². The Morgan fingerprint density at radius 2 is 2.20 bits per heavy atom. The number of hydrogen-bond donors (Lipinski definition) is 2. The Hall–Kier alpha value is -0.260. The van der Waals surface area contributed by atoms with Crippen molar-refractivity contribution in [3.05, 3.63) is 0 Å². The molecule has 5 heteroatoms. The molecule has 1 amide bonds. The molecule has 0 aromatic rings. The van der Waals surface area contributed by atoms with Crippen LogP contribution in [0.1, 0.15) is 13.3 Å². The highest BCUT2D eigenvalue weighted by Gasteiger charge is 2.15. The lowest BCUT2D eigenvalue weighted by molar-refractivity contribution is -0.128. The second-order valence-corrected chi connectivity index (χ2v) is 5.05. The number of thioether (sulfide) groups is 1. The molecule has 1 saturated heterocycles. The van der Waals surface area contributed by atoms with Crippen LogP contribution in [-0.4, -0.2) is 54.5 Å². The number of rotatable bonds is 5. The number of nitrogens with one attached hydrogen (secondary N) is 1. The fourth-order valence-electron chi connectivity index (χ4n) is 1.43. The lowest BCUT2D eigenvalue weighted by atomic mass is 10.3. The van der Waals surface area contributed by atoms with Crippen molar-refractivity contribution >= 4 is 17.7 Å². The summed E-state index contributed by atoms with van der Waals surface area (Å²) in [4.78, 5) is 13.6. The molecule has 1 rings (SSSR count). The minimum atomic E-state index is 0.242. The van der Waals surface area contributed by atoms with Gasteiger partial charge >= 0.3 is 0 Å². The molecule has 1 unspecified atom stereocenters. The molecule has 1 aliphatic heterocycles. The minimum Gasteiger partial charge on any atom is -0.339 e. The summed E-state index contributed by atoms with van der Waals surface area (Å²) in [5, 5.41) is 3.23. The van der Waals surface area contributed by atoms with Gasteiger partial charge in [0, 0.05) is 32.2 Å². The highest BCUT2D eigenvalue weighted by molar-refractivity contribution is 7.99. The van der Waals surface area contributed by atoms with E-state index in [0.717, 1.165) is 38.4 Å². The molecule has 0 aromatic carbocycles. The maximum atomic E-state index is 11.7. The van der Waals surface area contributed by atoms with Crippen molar-refractivity contribution in [3.63, 3.8) is 0 Å². The first-order chi connectivity index (χ1) is 7.20. The fraction of sp³-hybridized carbons (Fsp3) is 0.900. The van der Waals surface area contributed by atoms with Crippen LogP contribution in [0.5, 0.6) is 0 Å². The zero-order chi connectivity index (χ0) is 11.1. The molecular weight excluding hydrogens is 210 g/mol. The third kappa shape index (κ3) is 5.39. The van der Waals surface area contributed by atoms with Crippen LogP contribution in [0.15, 0.2) is 0 Å². The van der Waals surface area contributed by atoms with E-state index >= 15 is 0 Å². The molecule has 1 heterocycles. The zero-order valence-corrected chi connectivity index (χ0v) is 10.2. The second kappa shape index (κ2) is 7.09. The van der Waals surface area contributed by atoms with Crippen LogP contribution >= 0.6 is 11.8 Å². The van der Waals surface area contributed by atoms with Crippen molar-refractivity contribution in [2.24, 2.45) is 5.73 Å². The van der Waals surface area contributed by atoms with Crippen molar-refractivity contribution in [2.45, 2.75) is 19.4 Å². The average molecular weight is 231 g/mol. The van der Waals surface area contributed by atoms with Gasteiger partial charge in [0.2, 0.25) is 5.91 Å². The Labute approximate surface area is 96.0 Å². The van der Waals surface area contributed by atoms with Crippen LogP contribution in [0, 0.1) is 0 Å². The maximum absolute atomic E-state index is 11.7. The standard InChI is InChI=1S/C10H21N3OS/c1-9(11)2-7-15-8-10(14)13-5-3-12-4-6-13/h9,12H,2-8,11H2,1H3. The van der Waals surface area contributed by atoms with E-state index in [0.29, 0.717) is 5.75 Å². The zero-order valence-electron chi connectivity index (χ0n) is 9.37. The summed E-state index contributed by atoms with van der Waals surface area (Å²) in [6.07, 6.45) is 0.986. The van der Waals surface area contributed by atoms with Gasteiger partial charge in [-0.25, -0.2) is 0 Å². The van der Waals surface area contributed by atoms with E-state index in [1.54, 1.807) is 11.8 Å². The van der Waals surface area contributed by atoms with Gasteiger partial charge in [-0.05, 0) is 19.1 Å². The number of nitrogens with two attached hydrogens (primary N) is 1. The third-order valence-electron chi connectivity index (χ3n) is 2.41. The first kappa shape index (κ1) is 12.8. The molecule has 0 aliphatic carbocycles. The van der Waals surface area contributed by atoms with Crippen LogP contribution in [0.4, 0.5) is 0 Å². The van der Waals surface area contributed by atoms with E-state index in [1.165, 1.54) is 0 Å². The second-order valence-electron chi connectivity index (χ2n) is 3.95. The Morgan fingerprint density at radius 1 is 1.53 bits per heavy atom. The molecule has 4 nitrogen and oxygen atoms in total. The first-order valence-corrected chi connectivity index (χ1v) is 6.67. The lowest BCUT2D eigenvalue weighted by Gasteiger charge is -2.27. The smallest absolute Gasteiger partial charge is 0.232 e. The van der Waals surface area contributed by atoms with Crippen LogP contribution in [0.3, 0.4) is 0 Å². The molecule has 0 saturated carbocycles. The number of carbonyl (C=O) groups excluding carboxylic acids is 1. The summed E-state index contributed by atoms with van der Waals surface area (Å²) < 4.78 is 0. The first-order valence-electron chi connectivity index (χ1n) is 5.52. The summed E-state index contributed by atoms with van der Waals surface area (Å²) in [7, 11) is 0. The Kier molecular flexibility index (Phi) is 6.05. The van der Waals surface area contributed by atoms with Crippen molar-refractivity contribution in [1.82, 2.24) is 10.2 Å². The molecule has 1 aliphatic rings. The molecule has 88 valence electrons. The molecule has 0 spiro atoms. The van der Waals surface area contributed by atoms with Crippen molar-refractivity contribution in [3.8, 4) is 0 Å². The summed E-state index contributed by atoms with van der Waals surface area (Å²) in [6, 6.07) is 0.242. The van der Waals surface area contributed by atoms with E-state index in [1.807, 2.05) is 11.8 Å². The highest BCUT2D eigenvalue weighted by atomic mass is 32.2. The number of hydrogen-bond acceptors (Lipinski definition) is 4. The molecular formula is C10H21N3OS. The van der Waals surface area contributed by atoms with E-state index in [-0.39, 0.29) is 11.9 Å². The number of carbonyl (C=O) groups is 1. The summed E-state index contributed by atoms with van der Waals surface area (Å²) in [5.74, 6) is 1.86. The van der Waals surface area contributed by atoms with Gasteiger partial charge in [-0.1, -0.05) is 0 Å². The summed E-state index contributed by atoms with van der Waals surface area (Å²) >= 11 is 1.69. The van der Waals surface area contributed by atoms with Crippen LogP contribution in [0.2, 0.25) is 0 Å². The summed E-state index contributed by atoms with van der Waals surface area (Å²) in [6.45, 7) is 5.56. The van der Waals surface area contributed by atoms with E-state index in [2.05, 4.69) is 5.32 Å². The highest BCUT2D eigenvalue weighted by Crippen LogP contribution is 2.06. The molecule has 3 N–H and O–H groups in total. The van der Waals surface area contributed by atoms with E-state index in [9.17, 15) is 4.79 Å². The number of amides is 1. The van der Waals surface area contributed by atoms with E-state index < -0.39 is 0 Å².